The van der Waals surface area contributed by atoms with Crippen molar-refractivity contribution in [1.82, 2.24) is 0 Å². The van der Waals surface area contributed by atoms with Crippen LogP contribution >= 0.6 is 15.9 Å². The van der Waals surface area contributed by atoms with E-state index in [-0.39, 0.29) is 5.56 Å². The van der Waals surface area contributed by atoms with E-state index in [2.05, 4.69) is 21.2 Å². The van der Waals surface area contributed by atoms with Gasteiger partial charge in [-0.3, -0.25) is 0 Å². The molecule has 0 saturated carbocycles. The van der Waals surface area contributed by atoms with E-state index in [0.717, 1.165) is 4.47 Å². The number of carboxylic acids is 1. The van der Waals surface area contributed by atoms with E-state index in [1.807, 2.05) is 0 Å². The first kappa shape index (κ1) is 10.6. The number of carboxylic acid groups (broad SMARTS) is 1. The van der Waals surface area contributed by atoms with E-state index in [4.69, 9.17) is 10.8 Å². The molecule has 0 aromatic heterocycles. The van der Waals surface area contributed by atoms with Crippen molar-refractivity contribution in [3.63, 3.8) is 0 Å². The lowest BCUT2D eigenvalue weighted by Gasteiger charge is -2.05. The summed E-state index contributed by atoms with van der Waals surface area (Å²) >= 11 is 3.20. The monoisotopic (exact) mass is 256 g/mol. The number of benzene rings is 1. The summed E-state index contributed by atoms with van der Waals surface area (Å²) in [6.45, 7) is 0. The molecular formula is C9H9BrN2O2. The van der Waals surface area contributed by atoms with Crippen LogP contribution in [-0.2, 0) is 0 Å². The van der Waals surface area contributed by atoms with Gasteiger partial charge in [0, 0.05) is 16.9 Å². The number of nitrogens with two attached hydrogens (primary N) is 1. The van der Waals surface area contributed by atoms with Crippen LogP contribution in [0.3, 0.4) is 0 Å². The van der Waals surface area contributed by atoms with Crippen LogP contribution in [0.2, 0.25) is 0 Å². The Hall–Kier alpha value is -1.49. The predicted molar refractivity (Wildman–Crippen MR) is 58.1 cm³/mol. The Labute approximate surface area is 89.5 Å². The van der Waals surface area contributed by atoms with Crippen LogP contribution in [0.1, 0.15) is 10.4 Å². The fourth-order valence-electron chi connectivity index (χ4n) is 0.957. The zero-order valence-corrected chi connectivity index (χ0v) is 8.78. The van der Waals surface area contributed by atoms with Crippen molar-refractivity contribution in [3.05, 3.63) is 40.6 Å². The molecule has 0 atom stereocenters. The molecule has 0 radical (unpaired) electrons. The third-order valence-electron chi connectivity index (χ3n) is 1.55. The lowest BCUT2D eigenvalue weighted by atomic mass is 10.2. The smallest absolute Gasteiger partial charge is 0.337 e. The Kier molecular flexibility index (Phi) is 3.53. The fourth-order valence-corrected chi connectivity index (χ4v) is 1.32. The summed E-state index contributed by atoms with van der Waals surface area (Å²) in [4.78, 5) is 10.8. The molecule has 0 spiro atoms. The second-order valence-corrected chi connectivity index (χ2v) is 3.41. The van der Waals surface area contributed by atoms with Gasteiger partial charge in [0.1, 0.15) is 0 Å². The lowest BCUT2D eigenvalue weighted by molar-refractivity contribution is 0.0698. The Morgan fingerprint density at radius 2 is 2.29 bits per heavy atom. The molecule has 0 bridgehead atoms. The van der Waals surface area contributed by atoms with Crippen LogP contribution in [0.4, 0.5) is 5.69 Å². The molecule has 5 heteroatoms. The SMILES string of the molecule is N/C=C\Nc1ccc(Br)cc1C(=O)O. The molecule has 4 N–H and O–H groups in total. The quantitative estimate of drug-likeness (QED) is 0.774. The number of hydrogen-bond acceptors (Lipinski definition) is 3. The molecule has 0 amide bonds. The van der Waals surface area contributed by atoms with Crippen molar-refractivity contribution in [2.75, 3.05) is 5.32 Å². The van der Waals surface area contributed by atoms with Gasteiger partial charge in [-0.25, -0.2) is 4.79 Å². The summed E-state index contributed by atoms with van der Waals surface area (Å²) in [7, 11) is 0. The van der Waals surface area contributed by atoms with Crippen LogP contribution in [0.15, 0.2) is 35.1 Å². The van der Waals surface area contributed by atoms with Gasteiger partial charge in [0.15, 0.2) is 0 Å². The van der Waals surface area contributed by atoms with Crippen molar-refractivity contribution in [2.24, 2.45) is 5.73 Å². The number of hydrogen-bond donors (Lipinski definition) is 3. The number of carbonyl (C=O) groups is 1. The zero-order valence-electron chi connectivity index (χ0n) is 7.20. The van der Waals surface area contributed by atoms with Crippen LogP contribution in [0.5, 0.6) is 0 Å². The number of anilines is 1. The molecule has 1 aromatic carbocycles. The normalized spacial score (nSPS) is 10.4. The minimum atomic E-state index is -0.987. The van der Waals surface area contributed by atoms with Gasteiger partial charge in [0.25, 0.3) is 0 Å². The zero-order chi connectivity index (χ0) is 10.6. The Bertz CT molecular complexity index is 377. The van der Waals surface area contributed by atoms with Crippen molar-refractivity contribution in [2.45, 2.75) is 0 Å². The highest BCUT2D eigenvalue weighted by molar-refractivity contribution is 9.10. The molecule has 1 rings (SSSR count). The topological polar surface area (TPSA) is 75.3 Å². The van der Waals surface area contributed by atoms with E-state index < -0.39 is 5.97 Å². The lowest BCUT2D eigenvalue weighted by Crippen LogP contribution is -2.02. The Morgan fingerprint density at radius 1 is 1.57 bits per heavy atom. The Balaban J connectivity index is 3.08. The van der Waals surface area contributed by atoms with E-state index in [1.54, 1.807) is 12.1 Å². The maximum atomic E-state index is 10.8. The molecule has 14 heavy (non-hydrogen) atoms. The largest absolute Gasteiger partial charge is 0.478 e. The van der Waals surface area contributed by atoms with Crippen molar-refractivity contribution in [1.29, 1.82) is 0 Å². The summed E-state index contributed by atoms with van der Waals surface area (Å²) in [5.41, 5.74) is 5.83. The molecule has 0 unspecified atom stereocenters. The molecular weight excluding hydrogens is 248 g/mol. The summed E-state index contributed by atoms with van der Waals surface area (Å²) in [5.74, 6) is -0.987. The van der Waals surface area contributed by atoms with Crippen molar-refractivity contribution < 1.29 is 9.90 Å². The van der Waals surface area contributed by atoms with Gasteiger partial charge in [0.2, 0.25) is 0 Å². The van der Waals surface area contributed by atoms with Gasteiger partial charge in [-0.2, -0.15) is 0 Å². The van der Waals surface area contributed by atoms with E-state index >= 15 is 0 Å². The second-order valence-electron chi connectivity index (χ2n) is 2.50. The highest BCUT2D eigenvalue weighted by Crippen LogP contribution is 2.20. The van der Waals surface area contributed by atoms with Gasteiger partial charge in [0.05, 0.1) is 11.3 Å². The highest BCUT2D eigenvalue weighted by atomic mass is 79.9. The van der Waals surface area contributed by atoms with E-state index in [0.29, 0.717) is 5.69 Å². The average molecular weight is 257 g/mol. The molecule has 1 aromatic rings. The predicted octanol–water partition coefficient (Wildman–Crippen LogP) is 1.99. The van der Waals surface area contributed by atoms with Crippen molar-refractivity contribution >= 4 is 27.6 Å². The summed E-state index contributed by atoms with van der Waals surface area (Å²) in [5, 5.41) is 11.6. The van der Waals surface area contributed by atoms with E-state index in [9.17, 15) is 4.79 Å². The highest BCUT2D eigenvalue weighted by Gasteiger charge is 2.08. The minimum Gasteiger partial charge on any atom is -0.478 e. The minimum absolute atomic E-state index is 0.192. The first-order valence-electron chi connectivity index (χ1n) is 3.81. The van der Waals surface area contributed by atoms with Gasteiger partial charge in [-0.1, -0.05) is 15.9 Å². The second kappa shape index (κ2) is 4.66. The van der Waals surface area contributed by atoms with Crippen LogP contribution in [-0.4, -0.2) is 11.1 Å². The molecule has 0 aliphatic heterocycles. The number of nitrogens with one attached hydrogen (secondary N) is 1. The Morgan fingerprint density at radius 3 is 2.86 bits per heavy atom. The first-order valence-corrected chi connectivity index (χ1v) is 4.60. The third-order valence-corrected chi connectivity index (χ3v) is 2.04. The van der Waals surface area contributed by atoms with Gasteiger partial charge in [-0.05, 0) is 18.2 Å². The molecule has 0 aliphatic carbocycles. The molecule has 0 heterocycles. The average Bonchev–Trinajstić information content (AvgIpc) is 2.15. The maximum Gasteiger partial charge on any atom is 0.337 e. The summed E-state index contributed by atoms with van der Waals surface area (Å²) in [6.07, 6.45) is 2.77. The standard InChI is InChI=1S/C9H9BrN2O2/c10-6-1-2-8(12-4-3-11)7(5-6)9(13)14/h1-5,12H,11H2,(H,13,14)/b4-3-. The number of rotatable bonds is 3. The van der Waals surface area contributed by atoms with Crippen LogP contribution in [0.25, 0.3) is 0 Å². The molecule has 0 fully saturated rings. The molecule has 74 valence electrons. The number of aromatic carboxylic acids is 1. The summed E-state index contributed by atoms with van der Waals surface area (Å²) in [6, 6.07) is 4.93. The molecule has 0 aliphatic rings. The van der Waals surface area contributed by atoms with Crippen LogP contribution < -0.4 is 11.1 Å². The van der Waals surface area contributed by atoms with Gasteiger partial charge >= 0.3 is 5.97 Å². The van der Waals surface area contributed by atoms with Crippen LogP contribution in [0, 0.1) is 0 Å². The maximum absolute atomic E-state index is 10.8. The van der Waals surface area contributed by atoms with E-state index in [1.165, 1.54) is 18.5 Å². The molecule has 0 saturated heterocycles. The summed E-state index contributed by atoms with van der Waals surface area (Å²) < 4.78 is 0.720. The van der Waals surface area contributed by atoms with Gasteiger partial charge in [-0.15, -0.1) is 0 Å². The molecule has 4 nitrogen and oxygen atoms in total. The van der Waals surface area contributed by atoms with Gasteiger partial charge < -0.3 is 16.2 Å². The third kappa shape index (κ3) is 2.50. The number of halogens is 1. The van der Waals surface area contributed by atoms with Crippen molar-refractivity contribution in [3.8, 4) is 0 Å². The first-order chi connectivity index (χ1) is 6.65. The fraction of sp³-hybridized carbons (Fsp3) is 0.